The van der Waals surface area contributed by atoms with Crippen molar-refractivity contribution in [3.05, 3.63) is 35.1 Å². The zero-order valence-corrected chi connectivity index (χ0v) is 11.4. The molecule has 3 nitrogen and oxygen atoms in total. The molecule has 1 heterocycles. The maximum absolute atomic E-state index is 14.2. The third-order valence-corrected chi connectivity index (χ3v) is 3.73. The number of alkyl halides is 2. The second-order valence-corrected chi connectivity index (χ2v) is 5.06. The maximum atomic E-state index is 14.2. The van der Waals surface area contributed by atoms with Crippen LogP contribution in [0, 0.1) is 12.7 Å². The Morgan fingerprint density at radius 3 is 2.60 bits per heavy atom. The molecule has 1 aliphatic rings. The van der Waals surface area contributed by atoms with Crippen LogP contribution in [0.4, 0.5) is 13.2 Å². The second kappa shape index (κ2) is 6.11. The molecule has 0 bridgehead atoms. The van der Waals surface area contributed by atoms with Gasteiger partial charge in [-0.15, -0.1) is 0 Å². The van der Waals surface area contributed by atoms with E-state index in [-0.39, 0.29) is 11.1 Å². The number of rotatable bonds is 4. The number of hydrogen-bond donors (Lipinski definition) is 2. The van der Waals surface area contributed by atoms with Gasteiger partial charge in [-0.1, -0.05) is 12.1 Å². The minimum Gasteiger partial charge on any atom is -0.390 e. The van der Waals surface area contributed by atoms with Gasteiger partial charge in [-0.05, 0) is 24.1 Å². The third-order valence-electron chi connectivity index (χ3n) is 3.73. The lowest BCUT2D eigenvalue weighted by Crippen LogP contribution is -2.51. The average molecular weight is 288 g/mol. The Labute approximate surface area is 116 Å². The van der Waals surface area contributed by atoms with E-state index >= 15 is 0 Å². The Morgan fingerprint density at radius 2 is 2.00 bits per heavy atom. The van der Waals surface area contributed by atoms with E-state index in [1.165, 1.54) is 25.1 Å². The van der Waals surface area contributed by atoms with Gasteiger partial charge in [0.1, 0.15) is 18.5 Å². The Balaban J connectivity index is 2.42. The van der Waals surface area contributed by atoms with Crippen molar-refractivity contribution in [3.63, 3.8) is 0 Å². The number of nitrogens with one attached hydrogen (secondary N) is 1. The summed E-state index contributed by atoms with van der Waals surface area (Å²) in [5.74, 6) is -3.81. The van der Waals surface area contributed by atoms with Crippen molar-refractivity contribution in [2.75, 3.05) is 32.8 Å². The van der Waals surface area contributed by atoms with Gasteiger partial charge in [0, 0.05) is 26.2 Å². The van der Waals surface area contributed by atoms with Gasteiger partial charge in [0.15, 0.2) is 0 Å². The molecule has 0 aromatic heterocycles. The summed E-state index contributed by atoms with van der Waals surface area (Å²) in [6.07, 6.45) is 0. The smallest absolute Gasteiger partial charge is 0.289 e. The first-order valence-electron chi connectivity index (χ1n) is 6.66. The fourth-order valence-electron chi connectivity index (χ4n) is 2.64. The fraction of sp³-hybridized carbons (Fsp3) is 0.571. The van der Waals surface area contributed by atoms with E-state index < -0.39 is 24.4 Å². The fourth-order valence-corrected chi connectivity index (χ4v) is 2.64. The largest absolute Gasteiger partial charge is 0.390 e. The van der Waals surface area contributed by atoms with Crippen LogP contribution in [-0.4, -0.2) is 48.7 Å². The topological polar surface area (TPSA) is 35.5 Å². The van der Waals surface area contributed by atoms with Crippen molar-refractivity contribution in [1.82, 2.24) is 10.2 Å². The minimum absolute atomic E-state index is 0.212. The van der Waals surface area contributed by atoms with Crippen molar-refractivity contribution < 1.29 is 18.3 Å². The van der Waals surface area contributed by atoms with Crippen molar-refractivity contribution in [1.29, 1.82) is 0 Å². The van der Waals surface area contributed by atoms with E-state index in [4.69, 9.17) is 5.11 Å². The number of nitrogens with zero attached hydrogens (tertiary/aromatic N) is 1. The zero-order chi connectivity index (χ0) is 14.8. The van der Waals surface area contributed by atoms with Gasteiger partial charge in [0.2, 0.25) is 0 Å². The van der Waals surface area contributed by atoms with E-state index in [1.54, 1.807) is 4.90 Å². The number of aliphatic hydroxyl groups is 1. The molecule has 6 heteroatoms. The molecule has 1 aromatic rings. The lowest BCUT2D eigenvalue weighted by atomic mass is 9.94. The minimum atomic E-state index is -3.31. The van der Waals surface area contributed by atoms with Gasteiger partial charge in [-0.25, -0.2) is 13.2 Å². The summed E-state index contributed by atoms with van der Waals surface area (Å²) in [6, 6.07) is 2.89. The van der Waals surface area contributed by atoms with Crippen LogP contribution in [-0.2, 0) is 0 Å². The van der Waals surface area contributed by atoms with Gasteiger partial charge < -0.3 is 10.4 Å². The highest BCUT2D eigenvalue weighted by atomic mass is 19.3. The van der Waals surface area contributed by atoms with Gasteiger partial charge in [0.05, 0.1) is 0 Å². The van der Waals surface area contributed by atoms with E-state index in [1.807, 2.05) is 0 Å². The summed E-state index contributed by atoms with van der Waals surface area (Å²) in [4.78, 5) is 1.61. The van der Waals surface area contributed by atoms with Crippen LogP contribution in [0.15, 0.2) is 18.2 Å². The van der Waals surface area contributed by atoms with Crippen LogP contribution >= 0.6 is 0 Å². The van der Waals surface area contributed by atoms with Gasteiger partial charge in [-0.2, -0.15) is 0 Å². The summed E-state index contributed by atoms with van der Waals surface area (Å²) < 4.78 is 42.0. The Hall–Kier alpha value is -1.11. The molecular formula is C14H19F3N2O. The van der Waals surface area contributed by atoms with Gasteiger partial charge >= 0.3 is 0 Å². The summed E-state index contributed by atoms with van der Waals surface area (Å²) in [7, 11) is 0. The van der Waals surface area contributed by atoms with Gasteiger partial charge in [0.25, 0.3) is 5.92 Å². The molecule has 112 valence electrons. The molecule has 0 spiro atoms. The third kappa shape index (κ3) is 2.97. The van der Waals surface area contributed by atoms with Crippen molar-refractivity contribution in [3.8, 4) is 0 Å². The summed E-state index contributed by atoms with van der Waals surface area (Å²) >= 11 is 0. The van der Waals surface area contributed by atoms with Crippen LogP contribution in [0.25, 0.3) is 0 Å². The standard InChI is InChI=1S/C14H19F3N2O/c1-10-11(3-2-4-12(10)15)13(14(16,17)9-20)19-7-5-18-6-8-19/h2-4,13,18,20H,5-9H2,1H3/t13-/m1/s1. The Morgan fingerprint density at radius 1 is 1.35 bits per heavy atom. The number of halogens is 3. The predicted octanol–water partition coefficient (Wildman–Crippen LogP) is 1.71. The number of hydrogen-bond acceptors (Lipinski definition) is 3. The predicted molar refractivity (Wildman–Crippen MR) is 70.4 cm³/mol. The molecule has 1 fully saturated rings. The number of benzene rings is 1. The SMILES string of the molecule is Cc1c(F)cccc1[C@@H](N1CCNCC1)C(F)(F)CO. The molecule has 0 aliphatic carbocycles. The van der Waals surface area contributed by atoms with E-state index in [9.17, 15) is 13.2 Å². The van der Waals surface area contributed by atoms with Crippen LogP contribution in [0.3, 0.4) is 0 Å². The Kier molecular flexibility index (Phi) is 4.67. The summed E-state index contributed by atoms with van der Waals surface area (Å²) in [5.41, 5.74) is 0.454. The van der Waals surface area contributed by atoms with Crippen LogP contribution < -0.4 is 5.32 Å². The van der Waals surface area contributed by atoms with Crippen molar-refractivity contribution in [2.24, 2.45) is 0 Å². The molecule has 2 N–H and O–H groups in total. The van der Waals surface area contributed by atoms with Gasteiger partial charge in [-0.3, -0.25) is 4.90 Å². The first kappa shape index (κ1) is 15.3. The van der Waals surface area contributed by atoms with Crippen LogP contribution in [0.2, 0.25) is 0 Å². The van der Waals surface area contributed by atoms with Crippen molar-refractivity contribution in [2.45, 2.75) is 18.9 Å². The lowest BCUT2D eigenvalue weighted by molar-refractivity contribution is -0.118. The molecule has 0 amide bonds. The molecule has 0 saturated carbocycles. The number of aliphatic hydroxyl groups excluding tert-OH is 1. The summed E-state index contributed by atoms with van der Waals surface area (Å²) in [6.45, 7) is 2.33. The van der Waals surface area contributed by atoms with E-state index in [2.05, 4.69) is 5.32 Å². The molecule has 0 radical (unpaired) electrons. The molecule has 2 rings (SSSR count). The highest BCUT2D eigenvalue weighted by Gasteiger charge is 2.44. The molecule has 0 unspecified atom stereocenters. The Bertz CT molecular complexity index is 462. The average Bonchev–Trinajstić information content (AvgIpc) is 2.45. The molecule has 1 saturated heterocycles. The molecule has 1 aliphatic heterocycles. The van der Waals surface area contributed by atoms with Crippen molar-refractivity contribution >= 4 is 0 Å². The first-order valence-corrected chi connectivity index (χ1v) is 6.66. The molecule has 1 atom stereocenters. The second-order valence-electron chi connectivity index (χ2n) is 5.06. The zero-order valence-electron chi connectivity index (χ0n) is 11.4. The molecule has 1 aromatic carbocycles. The monoisotopic (exact) mass is 288 g/mol. The molecular weight excluding hydrogens is 269 g/mol. The normalized spacial score (nSPS) is 19.1. The summed E-state index contributed by atoms with van der Waals surface area (Å²) in [5, 5.41) is 12.1. The highest BCUT2D eigenvalue weighted by molar-refractivity contribution is 5.32. The highest BCUT2D eigenvalue weighted by Crippen LogP contribution is 2.38. The molecule has 20 heavy (non-hydrogen) atoms. The van der Waals surface area contributed by atoms with Crippen LogP contribution in [0.5, 0.6) is 0 Å². The lowest BCUT2D eigenvalue weighted by Gasteiger charge is -2.39. The first-order chi connectivity index (χ1) is 9.47. The maximum Gasteiger partial charge on any atom is 0.289 e. The van der Waals surface area contributed by atoms with Crippen LogP contribution in [0.1, 0.15) is 17.2 Å². The number of piperazine rings is 1. The van der Waals surface area contributed by atoms with E-state index in [0.717, 1.165) is 0 Å². The van der Waals surface area contributed by atoms with E-state index in [0.29, 0.717) is 26.2 Å². The quantitative estimate of drug-likeness (QED) is 0.885.